The first-order valence-electron chi connectivity index (χ1n) is 5.67. The van der Waals surface area contributed by atoms with Gasteiger partial charge in [0.25, 0.3) is 0 Å². The van der Waals surface area contributed by atoms with Gasteiger partial charge < -0.3 is 11.1 Å². The molecule has 0 amide bonds. The average molecular weight is 216 g/mol. The quantitative estimate of drug-likeness (QED) is 0.583. The molecule has 0 saturated carbocycles. The monoisotopic (exact) mass is 216 g/mol. The molecule has 0 aliphatic heterocycles. The van der Waals surface area contributed by atoms with E-state index in [2.05, 4.69) is 48.3 Å². The van der Waals surface area contributed by atoms with Crippen molar-refractivity contribution in [2.75, 3.05) is 13.1 Å². The molecule has 0 aromatic heterocycles. The highest BCUT2D eigenvalue weighted by molar-refractivity contribution is 5.24. The van der Waals surface area contributed by atoms with Gasteiger partial charge in [-0.25, -0.2) is 0 Å². The van der Waals surface area contributed by atoms with Crippen LogP contribution in [0.3, 0.4) is 0 Å². The highest BCUT2D eigenvalue weighted by Gasteiger charge is 2.07. The third-order valence-electron chi connectivity index (χ3n) is 2.53. The van der Waals surface area contributed by atoms with E-state index in [0.717, 1.165) is 13.0 Å². The van der Waals surface area contributed by atoms with Gasteiger partial charge in [0.15, 0.2) is 0 Å². The van der Waals surface area contributed by atoms with Gasteiger partial charge in [-0.2, -0.15) is 0 Å². The van der Waals surface area contributed by atoms with Crippen LogP contribution >= 0.6 is 0 Å². The number of benzene rings is 1. The van der Waals surface area contributed by atoms with Gasteiger partial charge in [-0.05, 0) is 19.4 Å². The topological polar surface area (TPSA) is 38.0 Å². The molecule has 0 spiro atoms. The van der Waals surface area contributed by atoms with Crippen molar-refractivity contribution >= 4 is 0 Å². The van der Waals surface area contributed by atoms with E-state index in [1.165, 1.54) is 11.1 Å². The van der Waals surface area contributed by atoms with Crippen LogP contribution in [0, 0.1) is 18.8 Å². The number of nitrogens with two attached hydrogens (primary N) is 1. The lowest BCUT2D eigenvalue weighted by Crippen LogP contribution is -2.28. The molecule has 0 aliphatic carbocycles. The maximum absolute atomic E-state index is 5.76. The fourth-order valence-electron chi connectivity index (χ4n) is 1.57. The Hall–Kier alpha value is -1.30. The number of aryl methyl sites for hydroxylation is 1. The third-order valence-corrected chi connectivity index (χ3v) is 2.53. The molecule has 2 heteroatoms. The summed E-state index contributed by atoms with van der Waals surface area (Å²) in [4.78, 5) is 0. The Kier molecular flexibility index (Phi) is 5.63. The Bertz CT molecular complexity index is 357. The van der Waals surface area contributed by atoms with E-state index in [1.54, 1.807) is 0 Å². The van der Waals surface area contributed by atoms with Crippen molar-refractivity contribution in [2.45, 2.75) is 26.3 Å². The van der Waals surface area contributed by atoms with Gasteiger partial charge in [-0.1, -0.05) is 29.8 Å². The number of hydrogen-bond donors (Lipinski definition) is 2. The summed E-state index contributed by atoms with van der Waals surface area (Å²) in [6, 6.07) is 8.73. The van der Waals surface area contributed by atoms with Crippen LogP contribution in [0.1, 0.15) is 30.5 Å². The first-order valence-corrected chi connectivity index (χ1v) is 5.67. The molecule has 0 fully saturated rings. The normalized spacial score (nSPS) is 11.7. The zero-order chi connectivity index (χ0) is 11.8. The summed E-state index contributed by atoms with van der Waals surface area (Å²) in [5, 5.41) is 3.41. The minimum atomic E-state index is 0.235. The van der Waals surface area contributed by atoms with Crippen molar-refractivity contribution in [1.82, 2.24) is 5.32 Å². The second-order valence-electron chi connectivity index (χ2n) is 3.83. The fourth-order valence-corrected chi connectivity index (χ4v) is 1.57. The molecule has 1 aromatic carbocycles. The molecule has 0 saturated heterocycles. The van der Waals surface area contributed by atoms with Crippen molar-refractivity contribution in [3.05, 3.63) is 35.4 Å². The molecule has 1 unspecified atom stereocenters. The average Bonchev–Trinajstić information content (AvgIpc) is 2.31. The van der Waals surface area contributed by atoms with Crippen molar-refractivity contribution < 1.29 is 0 Å². The number of hydrogen-bond acceptors (Lipinski definition) is 2. The fraction of sp³-hybridized carbons (Fsp3) is 0.429. The van der Waals surface area contributed by atoms with E-state index in [9.17, 15) is 0 Å². The molecule has 0 heterocycles. The van der Waals surface area contributed by atoms with Crippen molar-refractivity contribution in [3.63, 3.8) is 0 Å². The van der Waals surface area contributed by atoms with Crippen LogP contribution in [0.5, 0.6) is 0 Å². The molecule has 2 nitrogen and oxygen atoms in total. The van der Waals surface area contributed by atoms with E-state index in [0.29, 0.717) is 6.54 Å². The van der Waals surface area contributed by atoms with Gasteiger partial charge in [0, 0.05) is 25.6 Å². The Morgan fingerprint density at radius 1 is 1.31 bits per heavy atom. The van der Waals surface area contributed by atoms with Crippen LogP contribution in [0.25, 0.3) is 0 Å². The van der Waals surface area contributed by atoms with E-state index >= 15 is 0 Å². The zero-order valence-electron chi connectivity index (χ0n) is 10.1. The standard InChI is InChI=1S/C14H20N2/c1-3-4-5-10-16-14(11-15)13-8-6-12(2)7-9-13/h6-9,14,16H,5,10-11,15H2,1-2H3. The highest BCUT2D eigenvalue weighted by atomic mass is 14.9. The van der Waals surface area contributed by atoms with Gasteiger partial charge in [0.05, 0.1) is 0 Å². The van der Waals surface area contributed by atoms with Crippen LogP contribution in [0.15, 0.2) is 24.3 Å². The summed E-state index contributed by atoms with van der Waals surface area (Å²) in [6.07, 6.45) is 0.874. The lowest BCUT2D eigenvalue weighted by molar-refractivity contribution is 0.550. The Balaban J connectivity index is 2.52. The Labute approximate surface area is 98.2 Å². The highest BCUT2D eigenvalue weighted by Crippen LogP contribution is 2.12. The van der Waals surface area contributed by atoms with Gasteiger partial charge in [-0.15, -0.1) is 11.8 Å². The second kappa shape index (κ2) is 7.05. The molecular formula is C14H20N2. The molecule has 0 radical (unpaired) electrons. The van der Waals surface area contributed by atoms with Crippen LogP contribution < -0.4 is 11.1 Å². The summed E-state index contributed by atoms with van der Waals surface area (Å²) in [5.41, 5.74) is 8.28. The molecule has 86 valence electrons. The van der Waals surface area contributed by atoms with Crippen molar-refractivity contribution in [3.8, 4) is 11.8 Å². The molecule has 1 atom stereocenters. The molecule has 0 aliphatic rings. The minimum Gasteiger partial charge on any atom is -0.329 e. The van der Waals surface area contributed by atoms with Gasteiger partial charge >= 0.3 is 0 Å². The van der Waals surface area contributed by atoms with E-state index in [1.807, 2.05) is 6.92 Å². The molecule has 1 rings (SSSR count). The smallest absolute Gasteiger partial charge is 0.0444 e. The third kappa shape index (κ3) is 4.06. The Morgan fingerprint density at radius 3 is 2.56 bits per heavy atom. The lowest BCUT2D eigenvalue weighted by atomic mass is 10.1. The molecule has 16 heavy (non-hydrogen) atoms. The van der Waals surface area contributed by atoms with E-state index < -0.39 is 0 Å². The van der Waals surface area contributed by atoms with Gasteiger partial charge in [0.1, 0.15) is 0 Å². The number of nitrogens with one attached hydrogen (secondary N) is 1. The molecular weight excluding hydrogens is 196 g/mol. The number of rotatable bonds is 5. The van der Waals surface area contributed by atoms with Gasteiger partial charge in [0.2, 0.25) is 0 Å². The maximum atomic E-state index is 5.76. The molecule has 3 N–H and O–H groups in total. The lowest BCUT2D eigenvalue weighted by Gasteiger charge is -2.16. The molecule has 1 aromatic rings. The SMILES string of the molecule is CC#CCCNC(CN)c1ccc(C)cc1. The van der Waals surface area contributed by atoms with Crippen molar-refractivity contribution in [1.29, 1.82) is 0 Å². The summed E-state index contributed by atoms with van der Waals surface area (Å²) in [7, 11) is 0. The Morgan fingerprint density at radius 2 is 2.00 bits per heavy atom. The zero-order valence-corrected chi connectivity index (χ0v) is 10.1. The van der Waals surface area contributed by atoms with Crippen LogP contribution in [-0.2, 0) is 0 Å². The summed E-state index contributed by atoms with van der Waals surface area (Å²) in [5.74, 6) is 5.92. The maximum Gasteiger partial charge on any atom is 0.0444 e. The predicted octanol–water partition coefficient (Wildman–Crippen LogP) is 2.00. The summed E-state index contributed by atoms with van der Waals surface area (Å²) >= 11 is 0. The van der Waals surface area contributed by atoms with E-state index in [-0.39, 0.29) is 6.04 Å². The van der Waals surface area contributed by atoms with Crippen LogP contribution in [0.2, 0.25) is 0 Å². The van der Waals surface area contributed by atoms with Crippen LogP contribution in [-0.4, -0.2) is 13.1 Å². The first-order chi connectivity index (χ1) is 7.77. The summed E-state index contributed by atoms with van der Waals surface area (Å²) in [6.45, 7) is 5.45. The van der Waals surface area contributed by atoms with Crippen molar-refractivity contribution in [2.24, 2.45) is 5.73 Å². The van der Waals surface area contributed by atoms with Crippen LogP contribution in [0.4, 0.5) is 0 Å². The molecule has 0 bridgehead atoms. The van der Waals surface area contributed by atoms with E-state index in [4.69, 9.17) is 5.73 Å². The van der Waals surface area contributed by atoms with Gasteiger partial charge in [-0.3, -0.25) is 0 Å². The minimum absolute atomic E-state index is 0.235. The second-order valence-corrected chi connectivity index (χ2v) is 3.83. The summed E-state index contributed by atoms with van der Waals surface area (Å²) < 4.78 is 0. The first kappa shape index (κ1) is 12.8. The predicted molar refractivity (Wildman–Crippen MR) is 69.0 cm³/mol. The largest absolute Gasteiger partial charge is 0.329 e.